The van der Waals surface area contributed by atoms with Crippen LogP contribution in [0.1, 0.15) is 10.4 Å². The van der Waals surface area contributed by atoms with Gasteiger partial charge in [0.2, 0.25) is 5.91 Å². The first-order chi connectivity index (χ1) is 11.1. The Bertz CT molecular complexity index is 730. The van der Waals surface area contributed by atoms with Crippen LogP contribution >= 0.6 is 0 Å². The molecule has 0 spiro atoms. The van der Waals surface area contributed by atoms with E-state index in [1.165, 1.54) is 18.5 Å². The molecule has 7 nitrogen and oxygen atoms in total. The minimum Gasteiger partial charge on any atom is -0.505 e. The van der Waals surface area contributed by atoms with Crippen LogP contribution in [0.15, 0.2) is 42.7 Å². The van der Waals surface area contributed by atoms with Gasteiger partial charge in [0.15, 0.2) is 0 Å². The number of anilines is 2. The third-order valence-electron chi connectivity index (χ3n) is 3.57. The number of carbonyl (C=O) groups excluding carboxylic acids is 2. The molecule has 3 N–H and O–H groups in total. The zero-order chi connectivity index (χ0) is 16.2. The van der Waals surface area contributed by atoms with Crippen molar-refractivity contribution >= 4 is 23.2 Å². The molecule has 1 fully saturated rings. The van der Waals surface area contributed by atoms with Gasteiger partial charge in [-0.2, -0.15) is 0 Å². The summed E-state index contributed by atoms with van der Waals surface area (Å²) in [5.74, 6) is -0.572. The lowest BCUT2D eigenvalue weighted by Crippen LogP contribution is -2.47. The number of aromatic hydroxyl groups is 1. The molecule has 0 atom stereocenters. The first kappa shape index (κ1) is 14.8. The van der Waals surface area contributed by atoms with E-state index >= 15 is 0 Å². The van der Waals surface area contributed by atoms with Gasteiger partial charge in [-0.25, -0.2) is 0 Å². The number of amides is 2. The molecule has 1 aliphatic rings. The zero-order valence-corrected chi connectivity index (χ0v) is 12.3. The van der Waals surface area contributed by atoms with Crippen molar-refractivity contribution in [2.75, 3.05) is 29.9 Å². The maximum Gasteiger partial charge on any atom is 0.259 e. The lowest BCUT2D eigenvalue weighted by Gasteiger charge is -2.28. The highest BCUT2D eigenvalue weighted by molar-refractivity contribution is 6.06. The molecule has 1 aliphatic heterocycles. The van der Waals surface area contributed by atoms with Crippen LogP contribution in [0, 0.1) is 0 Å². The summed E-state index contributed by atoms with van der Waals surface area (Å²) in [7, 11) is 0. The number of benzene rings is 1. The molecule has 0 radical (unpaired) electrons. The Morgan fingerprint density at radius 1 is 1.26 bits per heavy atom. The lowest BCUT2D eigenvalue weighted by atomic mass is 10.2. The molecule has 2 amide bonds. The molecule has 0 saturated carbocycles. The number of piperazine rings is 1. The maximum absolute atomic E-state index is 12.1. The second-order valence-corrected chi connectivity index (χ2v) is 5.17. The molecule has 1 aromatic carbocycles. The van der Waals surface area contributed by atoms with Gasteiger partial charge in [0.25, 0.3) is 5.91 Å². The Hall–Kier alpha value is -3.09. The van der Waals surface area contributed by atoms with Crippen LogP contribution in [0.4, 0.5) is 11.4 Å². The third-order valence-corrected chi connectivity index (χ3v) is 3.57. The van der Waals surface area contributed by atoms with Crippen LogP contribution in [-0.2, 0) is 4.79 Å². The Labute approximate surface area is 133 Å². The minimum absolute atomic E-state index is 0.00166. The van der Waals surface area contributed by atoms with Crippen molar-refractivity contribution in [2.45, 2.75) is 0 Å². The fourth-order valence-corrected chi connectivity index (χ4v) is 2.39. The molecule has 1 aromatic heterocycles. The molecular formula is C16H16N4O3. The SMILES string of the molecule is O=C1CN(c2ccc(NC(=O)c3ccncc3O)cc2)CCN1. The van der Waals surface area contributed by atoms with Crippen molar-refractivity contribution in [3.8, 4) is 5.75 Å². The van der Waals surface area contributed by atoms with E-state index in [-0.39, 0.29) is 17.2 Å². The Morgan fingerprint density at radius 3 is 2.74 bits per heavy atom. The monoisotopic (exact) mass is 312 g/mol. The van der Waals surface area contributed by atoms with Crippen molar-refractivity contribution in [1.29, 1.82) is 0 Å². The fraction of sp³-hybridized carbons (Fsp3) is 0.188. The zero-order valence-electron chi connectivity index (χ0n) is 12.3. The highest BCUT2D eigenvalue weighted by Gasteiger charge is 2.16. The van der Waals surface area contributed by atoms with E-state index in [0.717, 1.165) is 12.2 Å². The number of carbonyl (C=O) groups is 2. The molecule has 2 heterocycles. The number of pyridine rings is 1. The van der Waals surface area contributed by atoms with Gasteiger partial charge in [-0.3, -0.25) is 14.6 Å². The van der Waals surface area contributed by atoms with Crippen molar-refractivity contribution < 1.29 is 14.7 Å². The normalized spacial score (nSPS) is 14.3. The molecule has 0 bridgehead atoms. The fourth-order valence-electron chi connectivity index (χ4n) is 2.39. The number of nitrogens with one attached hydrogen (secondary N) is 2. The Kier molecular flexibility index (Phi) is 4.09. The summed E-state index contributed by atoms with van der Waals surface area (Å²) < 4.78 is 0. The maximum atomic E-state index is 12.1. The van der Waals surface area contributed by atoms with Crippen LogP contribution in [0.25, 0.3) is 0 Å². The quantitative estimate of drug-likeness (QED) is 0.785. The lowest BCUT2D eigenvalue weighted by molar-refractivity contribution is -0.120. The summed E-state index contributed by atoms with van der Waals surface area (Å²) in [6, 6.07) is 8.67. The first-order valence-electron chi connectivity index (χ1n) is 7.19. The number of rotatable bonds is 3. The summed E-state index contributed by atoms with van der Waals surface area (Å²) in [6.07, 6.45) is 2.67. The van der Waals surface area contributed by atoms with Crippen LogP contribution in [0.5, 0.6) is 5.75 Å². The number of nitrogens with zero attached hydrogens (tertiary/aromatic N) is 2. The van der Waals surface area contributed by atoms with Crippen LogP contribution < -0.4 is 15.5 Å². The van der Waals surface area contributed by atoms with Gasteiger partial charge in [0.05, 0.1) is 18.3 Å². The second-order valence-electron chi connectivity index (χ2n) is 5.17. The molecule has 23 heavy (non-hydrogen) atoms. The van der Waals surface area contributed by atoms with Gasteiger partial charge in [-0.1, -0.05) is 0 Å². The average molecular weight is 312 g/mol. The highest BCUT2D eigenvalue weighted by Crippen LogP contribution is 2.20. The molecule has 1 saturated heterocycles. The first-order valence-corrected chi connectivity index (χ1v) is 7.19. The van der Waals surface area contributed by atoms with E-state index in [9.17, 15) is 14.7 Å². The van der Waals surface area contributed by atoms with Crippen molar-refractivity contribution in [3.05, 3.63) is 48.3 Å². The van der Waals surface area contributed by atoms with E-state index in [0.29, 0.717) is 18.8 Å². The summed E-state index contributed by atoms with van der Waals surface area (Å²) in [4.78, 5) is 29.2. The van der Waals surface area contributed by atoms with Gasteiger partial charge in [-0.05, 0) is 30.3 Å². The van der Waals surface area contributed by atoms with Gasteiger partial charge in [0, 0.05) is 30.7 Å². The van der Waals surface area contributed by atoms with Crippen LogP contribution in [-0.4, -0.2) is 41.5 Å². The highest BCUT2D eigenvalue weighted by atomic mass is 16.3. The van der Waals surface area contributed by atoms with E-state index in [1.54, 1.807) is 12.1 Å². The molecule has 118 valence electrons. The van der Waals surface area contributed by atoms with Crippen LogP contribution in [0.3, 0.4) is 0 Å². The van der Waals surface area contributed by atoms with E-state index < -0.39 is 5.91 Å². The van der Waals surface area contributed by atoms with Crippen molar-refractivity contribution in [2.24, 2.45) is 0 Å². The summed E-state index contributed by atoms with van der Waals surface area (Å²) in [5, 5.41) is 15.1. The molecule has 7 heteroatoms. The number of aromatic nitrogens is 1. The molecular weight excluding hydrogens is 296 g/mol. The largest absolute Gasteiger partial charge is 0.505 e. The molecule has 3 rings (SSSR count). The summed E-state index contributed by atoms with van der Waals surface area (Å²) in [5.41, 5.74) is 1.69. The van der Waals surface area contributed by atoms with Gasteiger partial charge >= 0.3 is 0 Å². The summed E-state index contributed by atoms with van der Waals surface area (Å²) >= 11 is 0. The molecule has 0 aliphatic carbocycles. The summed E-state index contributed by atoms with van der Waals surface area (Å²) in [6.45, 7) is 1.71. The Morgan fingerprint density at radius 2 is 2.04 bits per heavy atom. The van der Waals surface area contributed by atoms with Gasteiger partial charge in [-0.15, -0.1) is 0 Å². The number of hydrogen-bond donors (Lipinski definition) is 3. The van der Waals surface area contributed by atoms with E-state index in [1.807, 2.05) is 17.0 Å². The predicted molar refractivity (Wildman–Crippen MR) is 85.5 cm³/mol. The smallest absolute Gasteiger partial charge is 0.259 e. The Balaban J connectivity index is 1.69. The van der Waals surface area contributed by atoms with Crippen LogP contribution in [0.2, 0.25) is 0 Å². The topological polar surface area (TPSA) is 94.6 Å². The van der Waals surface area contributed by atoms with E-state index in [4.69, 9.17) is 0 Å². The van der Waals surface area contributed by atoms with E-state index in [2.05, 4.69) is 15.6 Å². The standard InChI is InChI=1S/C16H16N4O3/c21-14-9-17-6-5-13(14)16(23)19-11-1-3-12(4-2-11)20-8-7-18-15(22)10-20/h1-6,9,21H,7-8,10H2,(H,18,22)(H,19,23). The van der Waals surface area contributed by atoms with Crippen molar-refractivity contribution in [3.63, 3.8) is 0 Å². The molecule has 2 aromatic rings. The predicted octanol–water partition coefficient (Wildman–Crippen LogP) is 0.976. The average Bonchev–Trinajstić information content (AvgIpc) is 2.56. The second kappa shape index (κ2) is 6.35. The third kappa shape index (κ3) is 3.39. The minimum atomic E-state index is -0.407. The number of hydrogen-bond acceptors (Lipinski definition) is 5. The molecule has 0 unspecified atom stereocenters. The van der Waals surface area contributed by atoms with Crippen molar-refractivity contribution in [1.82, 2.24) is 10.3 Å². The van der Waals surface area contributed by atoms with Gasteiger partial charge in [0.1, 0.15) is 5.75 Å². The van der Waals surface area contributed by atoms with Gasteiger partial charge < -0.3 is 20.6 Å².